The zero-order chi connectivity index (χ0) is 19.8. The molecule has 2 aliphatic heterocycles. The number of β-amino-alcohol motifs (C(OH)–C–C–N with tert-alkyl or cyclic N) is 1. The van der Waals surface area contributed by atoms with E-state index in [2.05, 4.69) is 26.9 Å². The number of ether oxygens (including phenoxy) is 1. The van der Waals surface area contributed by atoms with Gasteiger partial charge in [-0.2, -0.15) is 0 Å². The van der Waals surface area contributed by atoms with E-state index < -0.39 is 5.60 Å². The predicted octanol–water partition coefficient (Wildman–Crippen LogP) is 3.92. The summed E-state index contributed by atoms with van der Waals surface area (Å²) in [6.45, 7) is 10.5. The van der Waals surface area contributed by atoms with Gasteiger partial charge in [0.05, 0.1) is 11.8 Å². The number of halogens is 1. The molecule has 1 N–H and O–H groups in total. The van der Waals surface area contributed by atoms with Crippen LogP contribution in [0.2, 0.25) is 0 Å². The molecule has 0 radical (unpaired) electrons. The lowest BCUT2D eigenvalue weighted by atomic mass is 9.93. The van der Waals surface area contributed by atoms with Gasteiger partial charge >= 0.3 is 6.09 Å². The summed E-state index contributed by atoms with van der Waals surface area (Å²) in [5.74, 6) is 0. The molecule has 0 fully saturated rings. The van der Waals surface area contributed by atoms with Gasteiger partial charge in [0, 0.05) is 30.7 Å². The summed E-state index contributed by atoms with van der Waals surface area (Å²) in [6, 6.07) is 2.32. The number of hydrogen-bond acceptors (Lipinski definition) is 4. The number of fused-ring (bicyclic) bond motifs is 2. The minimum atomic E-state index is -0.475. The van der Waals surface area contributed by atoms with Gasteiger partial charge in [-0.25, -0.2) is 4.79 Å². The summed E-state index contributed by atoms with van der Waals surface area (Å²) in [4.78, 5) is 16.6. The maximum Gasteiger partial charge on any atom is 0.410 e. The molecule has 0 unspecified atom stereocenters. The largest absolute Gasteiger partial charge is 0.444 e. The number of anilines is 1. The van der Waals surface area contributed by atoms with Gasteiger partial charge in [0.15, 0.2) is 0 Å². The van der Waals surface area contributed by atoms with Crippen LogP contribution in [0.1, 0.15) is 50.8 Å². The Hall–Kier alpha value is -1.27. The molecule has 1 atom stereocenters. The van der Waals surface area contributed by atoms with Crippen molar-refractivity contribution in [3.8, 4) is 0 Å². The highest BCUT2D eigenvalue weighted by molar-refractivity contribution is 9.10. The normalized spacial score (nSPS) is 18.4. The number of nitrogens with zero attached hydrogens (tertiary/aromatic N) is 2. The molecule has 27 heavy (non-hydrogen) atoms. The van der Waals surface area contributed by atoms with Crippen molar-refractivity contribution in [1.29, 1.82) is 0 Å². The Morgan fingerprint density at radius 1 is 1.22 bits per heavy atom. The smallest absolute Gasteiger partial charge is 0.410 e. The van der Waals surface area contributed by atoms with Gasteiger partial charge in [0.25, 0.3) is 0 Å². The number of aliphatic hydroxyl groups is 1. The molecule has 1 aromatic carbocycles. The number of amides is 1. The quantitative estimate of drug-likeness (QED) is 0.759. The van der Waals surface area contributed by atoms with E-state index in [4.69, 9.17) is 4.74 Å². The average Bonchev–Trinajstić information content (AvgIpc) is 2.76. The number of hydrogen-bond donors (Lipinski definition) is 1. The number of aliphatic hydroxyl groups excluding tert-OH is 1. The van der Waals surface area contributed by atoms with Crippen LogP contribution in [0.5, 0.6) is 0 Å². The second-order valence-corrected chi connectivity index (χ2v) is 9.49. The Bertz CT molecular complexity index is 712. The lowest BCUT2D eigenvalue weighted by molar-refractivity contribution is 0.0258. The van der Waals surface area contributed by atoms with Crippen LogP contribution >= 0.6 is 15.9 Å². The monoisotopic (exact) mass is 438 g/mol. The minimum absolute atomic E-state index is 0.230. The van der Waals surface area contributed by atoms with Crippen molar-refractivity contribution >= 4 is 27.7 Å². The van der Waals surface area contributed by atoms with Crippen LogP contribution in [0.25, 0.3) is 0 Å². The van der Waals surface area contributed by atoms with Crippen molar-refractivity contribution < 1.29 is 14.6 Å². The fourth-order valence-electron chi connectivity index (χ4n) is 4.01. The Balaban J connectivity index is 1.85. The first-order chi connectivity index (χ1) is 12.7. The number of carbonyl (C=O) groups excluding carboxylic acids is 1. The van der Waals surface area contributed by atoms with E-state index in [-0.39, 0.29) is 12.2 Å². The van der Waals surface area contributed by atoms with Crippen molar-refractivity contribution in [1.82, 2.24) is 4.90 Å². The van der Waals surface area contributed by atoms with Gasteiger partial charge in [-0.05, 0) is 86.0 Å². The molecule has 2 heterocycles. The third-order valence-corrected chi connectivity index (χ3v) is 5.98. The van der Waals surface area contributed by atoms with Gasteiger partial charge in [-0.3, -0.25) is 0 Å². The topological polar surface area (TPSA) is 53.0 Å². The summed E-state index contributed by atoms with van der Waals surface area (Å²) >= 11 is 3.87. The van der Waals surface area contributed by atoms with E-state index in [1.54, 1.807) is 0 Å². The fourth-order valence-corrected chi connectivity index (χ4v) is 4.97. The molecule has 1 aromatic rings. The van der Waals surface area contributed by atoms with E-state index in [0.717, 1.165) is 36.7 Å². The summed E-state index contributed by atoms with van der Waals surface area (Å²) in [5, 5.41) is 9.88. The van der Waals surface area contributed by atoms with Crippen LogP contribution in [0.4, 0.5) is 10.5 Å². The Morgan fingerprint density at radius 3 is 2.59 bits per heavy atom. The summed E-state index contributed by atoms with van der Waals surface area (Å²) in [5.41, 5.74) is 4.71. The lowest BCUT2D eigenvalue weighted by Gasteiger charge is -2.34. The van der Waals surface area contributed by atoms with E-state index in [0.29, 0.717) is 19.6 Å². The number of aryl methyl sites for hydroxylation is 1. The molecule has 6 heteroatoms. The minimum Gasteiger partial charge on any atom is -0.444 e. The number of rotatable bonds is 2. The lowest BCUT2D eigenvalue weighted by Crippen LogP contribution is -2.38. The first-order valence-corrected chi connectivity index (χ1v) is 10.7. The van der Waals surface area contributed by atoms with Crippen LogP contribution in [-0.4, -0.2) is 54.0 Å². The Kier molecular flexibility index (Phi) is 6.06. The fraction of sp³-hybridized carbons (Fsp3) is 0.667. The molecule has 2 aliphatic rings. The maximum absolute atomic E-state index is 12.5. The Morgan fingerprint density at radius 2 is 1.93 bits per heavy atom. The average molecular weight is 439 g/mol. The van der Waals surface area contributed by atoms with Crippen LogP contribution in [0.15, 0.2) is 10.5 Å². The van der Waals surface area contributed by atoms with Gasteiger partial charge in [0.2, 0.25) is 0 Å². The third kappa shape index (κ3) is 4.77. The third-order valence-electron chi connectivity index (χ3n) is 5.12. The van der Waals surface area contributed by atoms with Gasteiger partial charge < -0.3 is 19.6 Å². The molecule has 0 saturated carbocycles. The molecule has 0 saturated heterocycles. The number of carbonyl (C=O) groups is 1. The Labute approximate surface area is 170 Å². The van der Waals surface area contributed by atoms with Crippen molar-refractivity contribution in [2.24, 2.45) is 0 Å². The summed E-state index contributed by atoms with van der Waals surface area (Å²) < 4.78 is 6.70. The van der Waals surface area contributed by atoms with Crippen LogP contribution < -0.4 is 4.90 Å². The first kappa shape index (κ1) is 20.5. The van der Waals surface area contributed by atoms with Crippen molar-refractivity contribution in [2.45, 2.75) is 65.1 Å². The highest BCUT2D eigenvalue weighted by atomic mass is 79.9. The highest BCUT2D eigenvalue weighted by Gasteiger charge is 2.28. The zero-order valence-electron chi connectivity index (χ0n) is 16.8. The standard InChI is InChI=1S/C21H31BrN2O3/c1-14(25)13-24-9-5-6-16-12-15-7-10-23(20(26)27-21(2,3)4)11-8-17(15)18(22)19(16)24/h12,14,25H,5-11,13H2,1-4H3/t14-/m0/s1. The zero-order valence-corrected chi connectivity index (χ0v) is 18.4. The summed E-state index contributed by atoms with van der Waals surface area (Å²) in [7, 11) is 0. The van der Waals surface area contributed by atoms with Crippen molar-refractivity contribution in [3.05, 3.63) is 27.2 Å². The highest BCUT2D eigenvalue weighted by Crippen LogP contribution is 2.40. The molecule has 0 spiro atoms. The molecule has 5 nitrogen and oxygen atoms in total. The maximum atomic E-state index is 12.5. The first-order valence-electron chi connectivity index (χ1n) is 9.90. The van der Waals surface area contributed by atoms with Gasteiger partial charge in [-0.15, -0.1) is 0 Å². The van der Waals surface area contributed by atoms with E-state index >= 15 is 0 Å². The van der Waals surface area contributed by atoms with Crippen LogP contribution in [-0.2, 0) is 24.0 Å². The van der Waals surface area contributed by atoms with Crippen LogP contribution in [0.3, 0.4) is 0 Å². The van der Waals surface area contributed by atoms with Gasteiger partial charge in [-0.1, -0.05) is 6.07 Å². The predicted molar refractivity (Wildman–Crippen MR) is 112 cm³/mol. The molecule has 3 rings (SSSR count). The van der Waals surface area contributed by atoms with E-state index in [1.807, 2.05) is 32.6 Å². The van der Waals surface area contributed by atoms with Gasteiger partial charge in [0.1, 0.15) is 5.60 Å². The molecule has 0 bridgehead atoms. The van der Waals surface area contributed by atoms with Crippen molar-refractivity contribution in [3.63, 3.8) is 0 Å². The van der Waals surface area contributed by atoms with E-state index in [1.165, 1.54) is 22.4 Å². The van der Waals surface area contributed by atoms with Crippen molar-refractivity contribution in [2.75, 3.05) is 31.1 Å². The SMILES string of the molecule is C[C@H](O)CN1CCCc2cc3c(c(Br)c21)CCN(C(=O)OC(C)(C)C)CC3. The molecule has 150 valence electrons. The molecular formula is C21H31BrN2O3. The second kappa shape index (κ2) is 8.00. The second-order valence-electron chi connectivity index (χ2n) is 8.70. The molecule has 0 aliphatic carbocycles. The number of benzene rings is 1. The van der Waals surface area contributed by atoms with E-state index in [9.17, 15) is 9.90 Å². The molecule has 0 aromatic heterocycles. The summed E-state index contributed by atoms with van der Waals surface area (Å²) in [6.07, 6.45) is 3.24. The van der Waals surface area contributed by atoms with Crippen LogP contribution in [0, 0.1) is 0 Å². The molecule has 1 amide bonds. The molecular weight excluding hydrogens is 408 g/mol.